The first-order valence-electron chi connectivity index (χ1n) is 7.53. The lowest BCUT2D eigenvalue weighted by Crippen LogP contribution is -2.39. The van der Waals surface area contributed by atoms with Gasteiger partial charge in [-0.1, -0.05) is 60.2 Å². The van der Waals surface area contributed by atoms with E-state index >= 15 is 0 Å². The number of hydrogen-bond acceptors (Lipinski definition) is 3. The van der Waals surface area contributed by atoms with E-state index in [1.165, 1.54) is 0 Å². The highest BCUT2D eigenvalue weighted by Crippen LogP contribution is 2.39. The van der Waals surface area contributed by atoms with Gasteiger partial charge in [0.15, 0.2) is 11.8 Å². The van der Waals surface area contributed by atoms with Crippen LogP contribution in [0.1, 0.15) is 22.9 Å². The Balaban J connectivity index is 2.19. The summed E-state index contributed by atoms with van der Waals surface area (Å²) in [5.41, 5.74) is 1.30. The molecule has 0 aliphatic heterocycles. The largest absolute Gasteiger partial charge is 0.376 e. The van der Waals surface area contributed by atoms with Crippen LogP contribution in [-0.4, -0.2) is 22.0 Å². The normalized spacial score (nSPS) is 15.1. The fourth-order valence-corrected chi connectivity index (χ4v) is 2.84. The Morgan fingerprint density at radius 3 is 2.22 bits per heavy atom. The number of methoxy groups -OCH3 is 1. The fourth-order valence-electron chi connectivity index (χ4n) is 2.84. The second-order valence-electron chi connectivity index (χ2n) is 5.57. The van der Waals surface area contributed by atoms with Gasteiger partial charge < -0.3 is 9.84 Å². The minimum Gasteiger partial charge on any atom is -0.376 e. The van der Waals surface area contributed by atoms with E-state index in [9.17, 15) is 5.11 Å². The van der Waals surface area contributed by atoms with E-state index in [0.29, 0.717) is 0 Å². The van der Waals surface area contributed by atoms with Crippen molar-refractivity contribution in [3.63, 3.8) is 0 Å². The van der Waals surface area contributed by atoms with E-state index in [4.69, 9.17) is 4.74 Å². The third-order valence-electron chi connectivity index (χ3n) is 4.05. The summed E-state index contributed by atoms with van der Waals surface area (Å²) in [7, 11) is 1.58. The van der Waals surface area contributed by atoms with Gasteiger partial charge in [0.05, 0.1) is 0 Å². The maximum absolute atomic E-state index is 11.7. The quantitative estimate of drug-likeness (QED) is 0.787. The number of aromatic nitrogens is 2. The maximum atomic E-state index is 11.7. The maximum Gasteiger partial charge on any atom is 0.186 e. The first-order valence-corrected chi connectivity index (χ1v) is 7.53. The van der Waals surface area contributed by atoms with Gasteiger partial charge in [0, 0.05) is 19.5 Å². The lowest BCUT2D eigenvalue weighted by Gasteiger charge is -2.36. The molecule has 0 saturated heterocycles. The Morgan fingerprint density at radius 1 is 1.00 bits per heavy atom. The molecule has 0 aliphatic rings. The van der Waals surface area contributed by atoms with Crippen LogP contribution >= 0.6 is 0 Å². The molecule has 3 rings (SSSR count). The molecule has 4 nitrogen and oxygen atoms in total. The van der Waals surface area contributed by atoms with Gasteiger partial charge in [-0.15, -0.1) is 0 Å². The summed E-state index contributed by atoms with van der Waals surface area (Å²) < 4.78 is 7.28. The Labute approximate surface area is 136 Å². The van der Waals surface area contributed by atoms with Gasteiger partial charge in [-0.2, -0.15) is 5.10 Å². The average molecular weight is 308 g/mol. The number of rotatable bonds is 5. The molecule has 2 aromatic carbocycles. The van der Waals surface area contributed by atoms with Crippen LogP contribution in [0.4, 0.5) is 0 Å². The lowest BCUT2D eigenvalue weighted by atomic mass is 9.84. The lowest BCUT2D eigenvalue weighted by molar-refractivity contribution is -0.119. The van der Waals surface area contributed by atoms with E-state index in [2.05, 4.69) is 5.10 Å². The third kappa shape index (κ3) is 2.79. The van der Waals surface area contributed by atoms with Crippen LogP contribution in [-0.2, 0) is 10.3 Å². The molecule has 0 radical (unpaired) electrons. The minimum atomic E-state index is -1.35. The van der Waals surface area contributed by atoms with Crippen molar-refractivity contribution in [3.8, 4) is 0 Å². The van der Waals surface area contributed by atoms with Gasteiger partial charge in [-0.25, -0.2) is 4.68 Å². The van der Waals surface area contributed by atoms with Crippen molar-refractivity contribution in [1.82, 2.24) is 9.78 Å². The first-order chi connectivity index (χ1) is 11.2. The molecule has 0 aliphatic carbocycles. The summed E-state index contributed by atoms with van der Waals surface area (Å²) in [6, 6.07) is 19.2. The molecule has 1 heterocycles. The van der Waals surface area contributed by atoms with E-state index in [1.807, 2.05) is 67.6 Å². The van der Waals surface area contributed by atoms with Crippen molar-refractivity contribution >= 4 is 0 Å². The molecular weight excluding hydrogens is 288 g/mol. The van der Waals surface area contributed by atoms with Crippen LogP contribution < -0.4 is 0 Å². The van der Waals surface area contributed by atoms with Gasteiger partial charge >= 0.3 is 0 Å². The number of aliphatic hydroxyl groups is 1. The molecule has 2 unspecified atom stereocenters. The van der Waals surface area contributed by atoms with Gasteiger partial charge in [-0.05, 0) is 24.1 Å². The molecule has 4 heteroatoms. The highest BCUT2D eigenvalue weighted by atomic mass is 16.5. The molecule has 0 saturated carbocycles. The Kier molecular flexibility index (Phi) is 4.28. The molecule has 0 amide bonds. The monoisotopic (exact) mass is 308 g/mol. The summed E-state index contributed by atoms with van der Waals surface area (Å²) in [5, 5.41) is 15.9. The second kappa shape index (κ2) is 6.36. The predicted octanol–water partition coefficient (Wildman–Crippen LogP) is 3.27. The predicted molar refractivity (Wildman–Crippen MR) is 88.9 cm³/mol. The number of hydrogen-bond donors (Lipinski definition) is 1. The van der Waals surface area contributed by atoms with Crippen LogP contribution in [0, 0.1) is 6.92 Å². The zero-order valence-electron chi connectivity index (χ0n) is 13.3. The zero-order chi connectivity index (χ0) is 16.3. The smallest absolute Gasteiger partial charge is 0.186 e. The van der Waals surface area contributed by atoms with E-state index < -0.39 is 11.8 Å². The molecule has 3 aromatic rings. The summed E-state index contributed by atoms with van der Waals surface area (Å²) in [4.78, 5) is 0. The number of aryl methyl sites for hydroxylation is 1. The number of ether oxygens (including phenoxy) is 1. The van der Waals surface area contributed by atoms with Crippen LogP contribution in [0.3, 0.4) is 0 Å². The van der Waals surface area contributed by atoms with Crippen LogP contribution in [0.25, 0.3) is 0 Å². The molecule has 1 N–H and O–H groups in total. The minimum absolute atomic E-state index is 0.678. The van der Waals surface area contributed by atoms with Crippen LogP contribution in [0.5, 0.6) is 0 Å². The molecule has 2 atom stereocenters. The highest BCUT2D eigenvalue weighted by molar-refractivity contribution is 5.38. The Bertz CT molecular complexity index is 739. The third-order valence-corrected chi connectivity index (χ3v) is 4.05. The Morgan fingerprint density at radius 2 is 1.65 bits per heavy atom. The van der Waals surface area contributed by atoms with Gasteiger partial charge in [0.2, 0.25) is 0 Å². The molecular formula is C19H20N2O2. The van der Waals surface area contributed by atoms with Crippen LogP contribution in [0.15, 0.2) is 73.1 Å². The topological polar surface area (TPSA) is 47.3 Å². The van der Waals surface area contributed by atoms with Crippen molar-refractivity contribution in [1.29, 1.82) is 0 Å². The summed E-state index contributed by atoms with van der Waals surface area (Å²) in [5.74, 6) is 0. The molecule has 1 aromatic heterocycles. The second-order valence-corrected chi connectivity index (χ2v) is 5.57. The van der Waals surface area contributed by atoms with E-state index in [0.717, 1.165) is 16.7 Å². The van der Waals surface area contributed by atoms with E-state index in [-0.39, 0.29) is 0 Å². The molecule has 118 valence electrons. The van der Waals surface area contributed by atoms with E-state index in [1.54, 1.807) is 24.2 Å². The van der Waals surface area contributed by atoms with Crippen molar-refractivity contribution < 1.29 is 9.84 Å². The number of nitrogens with zero attached hydrogens (tertiary/aromatic N) is 2. The summed E-state index contributed by atoms with van der Waals surface area (Å²) in [6.07, 6.45) is 2.78. The van der Waals surface area contributed by atoms with Crippen LogP contribution in [0.2, 0.25) is 0 Å². The molecule has 0 bridgehead atoms. The van der Waals surface area contributed by atoms with Crippen molar-refractivity contribution in [3.05, 3.63) is 89.7 Å². The highest BCUT2D eigenvalue weighted by Gasteiger charge is 2.42. The Hall–Kier alpha value is -2.43. The van der Waals surface area contributed by atoms with Gasteiger partial charge in [-0.3, -0.25) is 0 Å². The number of benzene rings is 2. The summed E-state index contributed by atoms with van der Waals surface area (Å²) >= 11 is 0. The van der Waals surface area contributed by atoms with Crippen molar-refractivity contribution in [2.75, 3.05) is 7.11 Å². The van der Waals surface area contributed by atoms with Crippen molar-refractivity contribution in [2.24, 2.45) is 0 Å². The SMILES string of the molecule is COC(n1cccn1)C(O)(c1ccccc1)c1ccc(C)cc1. The zero-order valence-corrected chi connectivity index (χ0v) is 13.3. The fraction of sp³-hybridized carbons (Fsp3) is 0.211. The average Bonchev–Trinajstić information content (AvgIpc) is 3.11. The molecule has 0 spiro atoms. The first kappa shape index (κ1) is 15.5. The standard InChI is InChI=1S/C19H20N2O2/c1-15-9-11-17(12-10-15)19(22,16-7-4-3-5-8-16)18(23-2)21-14-6-13-20-21/h3-14,18,22H,1-2H3. The summed E-state index contributed by atoms with van der Waals surface area (Å²) in [6.45, 7) is 2.02. The van der Waals surface area contributed by atoms with Crippen molar-refractivity contribution in [2.45, 2.75) is 18.8 Å². The molecule has 0 fully saturated rings. The molecule has 23 heavy (non-hydrogen) atoms. The van der Waals surface area contributed by atoms with Gasteiger partial charge in [0.25, 0.3) is 0 Å². The van der Waals surface area contributed by atoms with Gasteiger partial charge in [0.1, 0.15) is 0 Å².